The first kappa shape index (κ1) is 21.6. The van der Waals surface area contributed by atoms with Gasteiger partial charge in [-0.25, -0.2) is 0 Å². The lowest BCUT2D eigenvalue weighted by Crippen LogP contribution is -1.93. The minimum Gasteiger partial charge on any atom is -0.456 e. The van der Waals surface area contributed by atoms with E-state index in [4.69, 9.17) is 4.74 Å². The van der Waals surface area contributed by atoms with Crippen LogP contribution in [0.1, 0.15) is 18.4 Å². The van der Waals surface area contributed by atoms with E-state index in [1.165, 1.54) is 33.0 Å². The standard InChI is InChI=1S/C35H25NO/c1-3-9-24(10-4-1)26-15-16-28-22-29(18-17-27(28)21-26)37-35-31-14-8-7-13-30(31)34(25-11-5-2-6-12-25)33-23-36-20-19-32(33)35/h1-3,5-9,11-23H,4,10H2. The van der Waals surface area contributed by atoms with Crippen molar-refractivity contribution < 1.29 is 4.74 Å². The van der Waals surface area contributed by atoms with Gasteiger partial charge in [-0.05, 0) is 75.5 Å². The van der Waals surface area contributed by atoms with E-state index < -0.39 is 0 Å². The second kappa shape index (κ2) is 9.07. The van der Waals surface area contributed by atoms with Crippen molar-refractivity contribution in [3.63, 3.8) is 0 Å². The number of hydrogen-bond donors (Lipinski definition) is 0. The van der Waals surface area contributed by atoms with Crippen molar-refractivity contribution in [2.24, 2.45) is 0 Å². The smallest absolute Gasteiger partial charge is 0.143 e. The second-order valence-electron chi connectivity index (χ2n) is 9.52. The number of fused-ring (bicyclic) bond motifs is 3. The summed E-state index contributed by atoms with van der Waals surface area (Å²) < 4.78 is 6.70. The van der Waals surface area contributed by atoms with Crippen molar-refractivity contribution in [2.75, 3.05) is 0 Å². The summed E-state index contributed by atoms with van der Waals surface area (Å²) in [7, 11) is 0. The molecule has 0 fully saturated rings. The van der Waals surface area contributed by atoms with Crippen LogP contribution in [0.4, 0.5) is 0 Å². The van der Waals surface area contributed by atoms with Gasteiger partial charge in [0.05, 0.1) is 0 Å². The molecule has 1 heterocycles. The average Bonchev–Trinajstić information content (AvgIpc) is 2.98. The molecule has 0 radical (unpaired) electrons. The maximum atomic E-state index is 6.70. The highest BCUT2D eigenvalue weighted by Gasteiger charge is 2.17. The summed E-state index contributed by atoms with van der Waals surface area (Å²) in [5.74, 6) is 1.69. The van der Waals surface area contributed by atoms with Crippen LogP contribution in [0.2, 0.25) is 0 Å². The average molecular weight is 476 g/mol. The van der Waals surface area contributed by atoms with Gasteiger partial charge in [0.1, 0.15) is 11.5 Å². The van der Waals surface area contributed by atoms with E-state index in [0.717, 1.165) is 45.9 Å². The number of allylic oxidation sites excluding steroid dienone is 4. The van der Waals surface area contributed by atoms with Crippen LogP contribution in [0.3, 0.4) is 0 Å². The molecule has 0 atom stereocenters. The maximum absolute atomic E-state index is 6.70. The molecule has 5 aromatic carbocycles. The summed E-state index contributed by atoms with van der Waals surface area (Å²) in [4.78, 5) is 4.48. The molecule has 0 spiro atoms. The number of pyridine rings is 1. The van der Waals surface area contributed by atoms with Gasteiger partial charge in [0, 0.05) is 28.6 Å². The lowest BCUT2D eigenvalue weighted by atomic mass is 9.92. The number of rotatable bonds is 4. The Hall–Kier alpha value is -4.69. The minimum atomic E-state index is 0.829. The van der Waals surface area contributed by atoms with E-state index in [2.05, 4.69) is 120 Å². The molecule has 1 aliphatic rings. The maximum Gasteiger partial charge on any atom is 0.143 e. The van der Waals surface area contributed by atoms with Crippen LogP contribution in [0, 0.1) is 0 Å². The van der Waals surface area contributed by atoms with Crippen LogP contribution >= 0.6 is 0 Å². The first-order valence-electron chi connectivity index (χ1n) is 12.8. The number of benzene rings is 5. The van der Waals surface area contributed by atoms with Crippen molar-refractivity contribution in [1.82, 2.24) is 4.98 Å². The van der Waals surface area contributed by atoms with Gasteiger partial charge in [-0.1, -0.05) is 91.0 Å². The number of ether oxygens (including phenoxy) is 1. The fraction of sp³-hybridized carbons (Fsp3) is 0.0571. The summed E-state index contributed by atoms with van der Waals surface area (Å²) in [5, 5.41) is 6.78. The molecule has 1 aliphatic carbocycles. The van der Waals surface area contributed by atoms with Gasteiger partial charge >= 0.3 is 0 Å². The molecule has 0 aliphatic heterocycles. The Kier molecular flexibility index (Phi) is 5.29. The monoisotopic (exact) mass is 475 g/mol. The molecule has 37 heavy (non-hydrogen) atoms. The van der Waals surface area contributed by atoms with E-state index in [0.29, 0.717) is 0 Å². The highest BCUT2D eigenvalue weighted by Crippen LogP contribution is 2.44. The van der Waals surface area contributed by atoms with Gasteiger partial charge in [-0.3, -0.25) is 4.98 Å². The van der Waals surface area contributed by atoms with Gasteiger partial charge in [-0.15, -0.1) is 0 Å². The largest absolute Gasteiger partial charge is 0.456 e. The van der Waals surface area contributed by atoms with Crippen LogP contribution in [-0.4, -0.2) is 4.98 Å². The number of aromatic nitrogens is 1. The molecule has 0 saturated carbocycles. The molecule has 176 valence electrons. The quantitative estimate of drug-likeness (QED) is 0.237. The highest BCUT2D eigenvalue weighted by atomic mass is 16.5. The second-order valence-corrected chi connectivity index (χ2v) is 9.52. The summed E-state index contributed by atoms with van der Waals surface area (Å²) in [6.07, 6.45) is 12.6. The summed E-state index contributed by atoms with van der Waals surface area (Å²) in [5.41, 5.74) is 5.05. The van der Waals surface area contributed by atoms with Gasteiger partial charge < -0.3 is 4.74 Å². The summed E-state index contributed by atoms with van der Waals surface area (Å²) in [6, 6.07) is 34.2. The minimum absolute atomic E-state index is 0.829. The van der Waals surface area contributed by atoms with E-state index >= 15 is 0 Å². The van der Waals surface area contributed by atoms with E-state index in [9.17, 15) is 0 Å². The van der Waals surface area contributed by atoms with Crippen molar-refractivity contribution in [1.29, 1.82) is 0 Å². The fourth-order valence-electron chi connectivity index (χ4n) is 5.45. The highest BCUT2D eigenvalue weighted by molar-refractivity contribution is 6.16. The molecule has 1 aromatic heterocycles. The zero-order chi connectivity index (χ0) is 24.6. The van der Waals surface area contributed by atoms with Gasteiger partial charge in [0.25, 0.3) is 0 Å². The molecule has 7 rings (SSSR count). The normalized spacial score (nSPS) is 13.2. The topological polar surface area (TPSA) is 22.1 Å². The van der Waals surface area contributed by atoms with Crippen molar-refractivity contribution in [3.8, 4) is 22.6 Å². The molecule has 0 saturated heterocycles. The first-order valence-corrected chi connectivity index (χ1v) is 12.8. The Balaban J connectivity index is 1.36. The zero-order valence-corrected chi connectivity index (χ0v) is 20.4. The van der Waals surface area contributed by atoms with Gasteiger partial charge in [-0.2, -0.15) is 0 Å². The number of nitrogens with zero attached hydrogens (tertiary/aromatic N) is 1. The Morgan fingerprint density at radius 3 is 2.30 bits per heavy atom. The fourth-order valence-corrected chi connectivity index (χ4v) is 5.45. The molecule has 0 amide bonds. The number of hydrogen-bond acceptors (Lipinski definition) is 2. The SMILES string of the molecule is C1=CCCC(c2ccc3cc(Oc4c5ccccc5c(-c5ccccc5)c5cnccc45)ccc3c2)=C1. The van der Waals surface area contributed by atoms with Crippen LogP contribution in [0.5, 0.6) is 11.5 Å². The van der Waals surface area contributed by atoms with Gasteiger partial charge in [0.2, 0.25) is 0 Å². The molecule has 2 nitrogen and oxygen atoms in total. The van der Waals surface area contributed by atoms with Gasteiger partial charge in [0.15, 0.2) is 0 Å². The van der Waals surface area contributed by atoms with E-state index in [1.807, 2.05) is 12.4 Å². The zero-order valence-electron chi connectivity index (χ0n) is 20.4. The lowest BCUT2D eigenvalue weighted by Gasteiger charge is -2.17. The third-order valence-electron chi connectivity index (χ3n) is 7.25. The first-order chi connectivity index (χ1) is 18.3. The van der Waals surface area contributed by atoms with Crippen LogP contribution in [-0.2, 0) is 0 Å². The summed E-state index contributed by atoms with van der Waals surface area (Å²) >= 11 is 0. The van der Waals surface area contributed by atoms with Crippen molar-refractivity contribution >= 4 is 37.9 Å². The molecular weight excluding hydrogens is 450 g/mol. The predicted octanol–water partition coefficient (Wildman–Crippen LogP) is 9.73. The van der Waals surface area contributed by atoms with Crippen LogP contribution < -0.4 is 4.74 Å². The van der Waals surface area contributed by atoms with Crippen molar-refractivity contribution in [3.05, 3.63) is 133 Å². The predicted molar refractivity (Wildman–Crippen MR) is 155 cm³/mol. The Morgan fingerprint density at radius 1 is 0.649 bits per heavy atom. The Labute approximate surface area is 216 Å². The van der Waals surface area contributed by atoms with E-state index in [1.54, 1.807) is 0 Å². The van der Waals surface area contributed by atoms with Crippen LogP contribution in [0.15, 0.2) is 128 Å². The molecule has 0 unspecified atom stereocenters. The summed E-state index contributed by atoms with van der Waals surface area (Å²) in [6.45, 7) is 0. The van der Waals surface area contributed by atoms with E-state index in [-0.39, 0.29) is 0 Å². The lowest BCUT2D eigenvalue weighted by molar-refractivity contribution is 0.494. The molecule has 0 N–H and O–H groups in total. The molecular formula is C35H25NO. The molecule has 2 heteroatoms. The third-order valence-corrected chi connectivity index (χ3v) is 7.25. The molecule has 6 aromatic rings. The van der Waals surface area contributed by atoms with Crippen molar-refractivity contribution in [2.45, 2.75) is 12.8 Å². The Morgan fingerprint density at radius 2 is 1.43 bits per heavy atom. The third kappa shape index (κ3) is 3.88. The van der Waals surface area contributed by atoms with Crippen LogP contribution in [0.25, 0.3) is 49.0 Å². The molecule has 0 bridgehead atoms. The Bertz CT molecular complexity index is 1790.